The summed E-state index contributed by atoms with van der Waals surface area (Å²) < 4.78 is 23.7. The van der Waals surface area contributed by atoms with Crippen LogP contribution in [0.2, 0.25) is 0 Å². The molecule has 0 radical (unpaired) electrons. The summed E-state index contributed by atoms with van der Waals surface area (Å²) in [4.78, 5) is 21.9. The zero-order chi connectivity index (χ0) is 12.7. The molecule has 1 N–H and O–H groups in total. The minimum Gasteiger partial charge on any atom is -0.355 e. The quantitative estimate of drug-likeness (QED) is 0.821. The Kier molecular flexibility index (Phi) is 5.26. The minimum atomic E-state index is -2.96. The number of rotatable bonds is 6. The molecule has 0 saturated heterocycles. The fourth-order valence-electron chi connectivity index (χ4n) is 1.28. The van der Waals surface area contributed by atoms with Gasteiger partial charge in [-0.1, -0.05) is 30.3 Å². The summed E-state index contributed by atoms with van der Waals surface area (Å²) in [6, 6.07) is 9.04. The van der Waals surface area contributed by atoms with E-state index in [1.807, 2.05) is 18.2 Å². The van der Waals surface area contributed by atoms with E-state index < -0.39 is 12.2 Å². The van der Waals surface area contributed by atoms with Crippen LogP contribution in [0, 0.1) is 0 Å². The molecule has 92 valence electrons. The van der Waals surface area contributed by atoms with Crippen molar-refractivity contribution >= 4 is 11.7 Å². The predicted molar refractivity (Wildman–Crippen MR) is 58.8 cm³/mol. The maximum atomic E-state index is 11.8. The van der Waals surface area contributed by atoms with Gasteiger partial charge in [-0.3, -0.25) is 9.59 Å². The molecular weight excluding hydrogens is 228 g/mol. The van der Waals surface area contributed by atoms with E-state index in [9.17, 15) is 18.4 Å². The fraction of sp³-hybridized carbons (Fsp3) is 0.333. The summed E-state index contributed by atoms with van der Waals surface area (Å²) in [5.74, 6) is -1.43. The Hall–Kier alpha value is -1.78. The summed E-state index contributed by atoms with van der Waals surface area (Å²) in [6.45, 7) is -0.0468. The monoisotopic (exact) mass is 241 g/mol. The van der Waals surface area contributed by atoms with E-state index in [2.05, 4.69) is 5.32 Å². The minimum absolute atomic E-state index is 0.0468. The number of benzene rings is 1. The zero-order valence-electron chi connectivity index (χ0n) is 9.16. The molecule has 0 aliphatic heterocycles. The van der Waals surface area contributed by atoms with Gasteiger partial charge in [0.2, 0.25) is 11.7 Å². The van der Waals surface area contributed by atoms with E-state index in [0.29, 0.717) is 0 Å². The first kappa shape index (κ1) is 13.3. The van der Waals surface area contributed by atoms with Crippen LogP contribution in [0.25, 0.3) is 0 Å². The van der Waals surface area contributed by atoms with Crippen molar-refractivity contribution in [3.05, 3.63) is 35.9 Å². The molecule has 0 unspecified atom stereocenters. The molecule has 0 fully saturated rings. The Balaban J connectivity index is 2.25. The summed E-state index contributed by atoms with van der Waals surface area (Å²) in [6.07, 6.45) is -3.11. The summed E-state index contributed by atoms with van der Waals surface area (Å²) in [5, 5.41) is 2.42. The maximum Gasteiger partial charge on any atom is 0.296 e. The lowest BCUT2D eigenvalue weighted by molar-refractivity contribution is -0.129. The topological polar surface area (TPSA) is 46.2 Å². The molecule has 0 bridgehead atoms. The van der Waals surface area contributed by atoms with Crippen molar-refractivity contribution in [1.29, 1.82) is 0 Å². The van der Waals surface area contributed by atoms with E-state index in [4.69, 9.17) is 0 Å². The Morgan fingerprint density at radius 2 is 1.82 bits per heavy atom. The van der Waals surface area contributed by atoms with Crippen LogP contribution in [-0.4, -0.2) is 24.7 Å². The van der Waals surface area contributed by atoms with Crippen molar-refractivity contribution in [2.75, 3.05) is 6.54 Å². The first-order valence-corrected chi connectivity index (χ1v) is 5.21. The SMILES string of the molecule is O=C(Cc1ccccc1)NCCC(=O)C(F)F. The number of Topliss-reactive ketones (excluding diaryl/α,β-unsaturated/α-hetero) is 1. The number of ketones is 1. The van der Waals surface area contributed by atoms with Crippen LogP contribution in [0.5, 0.6) is 0 Å². The van der Waals surface area contributed by atoms with Crippen molar-refractivity contribution in [3.63, 3.8) is 0 Å². The number of nitrogens with one attached hydrogen (secondary N) is 1. The molecule has 0 spiro atoms. The molecule has 0 heterocycles. The molecular formula is C12H13F2NO2. The van der Waals surface area contributed by atoms with Gasteiger partial charge in [-0.15, -0.1) is 0 Å². The second-order valence-corrected chi connectivity index (χ2v) is 3.53. The third-order valence-corrected chi connectivity index (χ3v) is 2.14. The van der Waals surface area contributed by atoms with Gasteiger partial charge in [-0.05, 0) is 5.56 Å². The van der Waals surface area contributed by atoms with Crippen molar-refractivity contribution in [2.45, 2.75) is 19.3 Å². The fourth-order valence-corrected chi connectivity index (χ4v) is 1.28. The van der Waals surface area contributed by atoms with Gasteiger partial charge in [0, 0.05) is 13.0 Å². The number of carbonyl (C=O) groups is 2. The van der Waals surface area contributed by atoms with E-state index >= 15 is 0 Å². The van der Waals surface area contributed by atoms with Gasteiger partial charge in [0.15, 0.2) is 0 Å². The molecule has 0 atom stereocenters. The lowest BCUT2D eigenvalue weighted by atomic mass is 10.1. The summed E-state index contributed by atoms with van der Waals surface area (Å²) in [7, 11) is 0. The number of alkyl halides is 2. The highest BCUT2D eigenvalue weighted by atomic mass is 19.3. The molecule has 0 aliphatic rings. The van der Waals surface area contributed by atoms with Crippen LogP contribution in [-0.2, 0) is 16.0 Å². The molecule has 1 aromatic rings. The van der Waals surface area contributed by atoms with Gasteiger partial charge in [0.1, 0.15) is 0 Å². The maximum absolute atomic E-state index is 11.8. The van der Waals surface area contributed by atoms with Crippen LogP contribution in [0.4, 0.5) is 8.78 Å². The second kappa shape index (κ2) is 6.73. The summed E-state index contributed by atoms with van der Waals surface area (Å²) >= 11 is 0. The van der Waals surface area contributed by atoms with Crippen molar-refractivity contribution in [2.24, 2.45) is 0 Å². The third kappa shape index (κ3) is 5.19. The van der Waals surface area contributed by atoms with Crippen LogP contribution in [0.3, 0.4) is 0 Å². The zero-order valence-corrected chi connectivity index (χ0v) is 9.16. The lowest BCUT2D eigenvalue weighted by Crippen LogP contribution is -2.28. The number of hydrogen-bond acceptors (Lipinski definition) is 2. The van der Waals surface area contributed by atoms with Gasteiger partial charge < -0.3 is 5.32 Å². The molecule has 1 aromatic carbocycles. The molecule has 0 saturated carbocycles. The van der Waals surface area contributed by atoms with Crippen molar-refractivity contribution < 1.29 is 18.4 Å². The van der Waals surface area contributed by atoms with Crippen LogP contribution < -0.4 is 5.32 Å². The largest absolute Gasteiger partial charge is 0.355 e. The lowest BCUT2D eigenvalue weighted by Gasteiger charge is -2.04. The van der Waals surface area contributed by atoms with Gasteiger partial charge in [0.05, 0.1) is 6.42 Å². The predicted octanol–water partition coefficient (Wildman–Crippen LogP) is 1.57. The third-order valence-electron chi connectivity index (χ3n) is 2.14. The number of halogens is 2. The highest BCUT2D eigenvalue weighted by Gasteiger charge is 2.14. The Morgan fingerprint density at radius 1 is 1.18 bits per heavy atom. The average Bonchev–Trinajstić information content (AvgIpc) is 2.30. The van der Waals surface area contributed by atoms with Gasteiger partial charge in [0.25, 0.3) is 6.43 Å². The molecule has 5 heteroatoms. The van der Waals surface area contributed by atoms with Gasteiger partial charge in [-0.2, -0.15) is 0 Å². The van der Waals surface area contributed by atoms with E-state index in [-0.39, 0.29) is 25.3 Å². The highest BCUT2D eigenvalue weighted by molar-refractivity contribution is 5.83. The van der Waals surface area contributed by atoms with Gasteiger partial charge in [-0.25, -0.2) is 8.78 Å². The first-order valence-electron chi connectivity index (χ1n) is 5.21. The molecule has 0 aromatic heterocycles. The number of hydrogen-bond donors (Lipinski definition) is 1. The highest BCUT2D eigenvalue weighted by Crippen LogP contribution is 2.00. The Bertz CT molecular complexity index is 379. The molecule has 0 aliphatic carbocycles. The number of carbonyl (C=O) groups excluding carboxylic acids is 2. The number of amides is 1. The second-order valence-electron chi connectivity index (χ2n) is 3.53. The van der Waals surface area contributed by atoms with Crippen LogP contribution in [0.15, 0.2) is 30.3 Å². The van der Waals surface area contributed by atoms with Crippen LogP contribution in [0.1, 0.15) is 12.0 Å². The van der Waals surface area contributed by atoms with E-state index in [1.165, 1.54) is 0 Å². The smallest absolute Gasteiger partial charge is 0.296 e. The molecule has 17 heavy (non-hydrogen) atoms. The molecule has 1 rings (SSSR count). The van der Waals surface area contributed by atoms with Crippen molar-refractivity contribution in [3.8, 4) is 0 Å². The first-order chi connectivity index (χ1) is 8.09. The standard InChI is InChI=1S/C12H13F2NO2/c13-12(14)10(16)6-7-15-11(17)8-9-4-2-1-3-5-9/h1-5,12H,6-8H2,(H,15,17). The average molecular weight is 241 g/mol. The molecule has 1 amide bonds. The summed E-state index contributed by atoms with van der Waals surface area (Å²) in [5.41, 5.74) is 0.838. The van der Waals surface area contributed by atoms with E-state index in [0.717, 1.165) is 5.56 Å². The Labute approximate surface area is 97.8 Å². The van der Waals surface area contributed by atoms with E-state index in [1.54, 1.807) is 12.1 Å². The Morgan fingerprint density at radius 3 is 2.41 bits per heavy atom. The molecule has 3 nitrogen and oxygen atoms in total. The van der Waals surface area contributed by atoms with Gasteiger partial charge >= 0.3 is 0 Å². The van der Waals surface area contributed by atoms with Crippen LogP contribution >= 0.6 is 0 Å². The normalized spacial score (nSPS) is 10.3. The van der Waals surface area contributed by atoms with Crippen molar-refractivity contribution in [1.82, 2.24) is 5.32 Å².